The Morgan fingerprint density at radius 1 is 1.15 bits per heavy atom. The number of methoxy groups -OCH3 is 1. The first-order valence-corrected chi connectivity index (χ1v) is 23.9. The number of hydrogen-bond acceptors (Lipinski definition) is 12. The van der Waals surface area contributed by atoms with Crippen LogP contribution in [-0.4, -0.2) is 141 Å². The normalized spacial score (nSPS) is 24.8. The van der Waals surface area contributed by atoms with Crippen LogP contribution < -0.4 is 10.7 Å². The number of likely N-dealkylation sites (tertiary alicyclic amines) is 2. The second-order valence-corrected chi connectivity index (χ2v) is 20.5. The Morgan fingerprint density at radius 3 is 2.68 bits per heavy atom. The van der Waals surface area contributed by atoms with Gasteiger partial charge in [-0.2, -0.15) is 5.43 Å². The Kier molecular flexibility index (Phi) is 13.2. The van der Waals surface area contributed by atoms with Gasteiger partial charge in [0.05, 0.1) is 40.8 Å². The minimum Gasteiger partial charge on any atom is -0.462 e. The van der Waals surface area contributed by atoms with E-state index in [0.717, 1.165) is 64.2 Å². The van der Waals surface area contributed by atoms with Gasteiger partial charge >= 0.3 is 12.0 Å². The van der Waals surface area contributed by atoms with Crippen molar-refractivity contribution in [2.24, 2.45) is 17.3 Å². The number of hydrogen-bond donors (Lipinski definition) is 3. The molecule has 4 aliphatic rings. The Hall–Kier alpha value is -4.94. The summed E-state index contributed by atoms with van der Waals surface area (Å²) < 4.78 is 14.1. The van der Waals surface area contributed by atoms with Gasteiger partial charge in [-0.05, 0) is 88.4 Å². The van der Waals surface area contributed by atoms with Crippen LogP contribution >= 0.6 is 11.3 Å². The molecule has 8 rings (SSSR count). The lowest BCUT2D eigenvalue weighted by molar-refractivity contribution is -0.189. The number of aryl methyl sites for hydroxylation is 1. The summed E-state index contributed by atoms with van der Waals surface area (Å²) in [6, 6.07) is 8.17. The van der Waals surface area contributed by atoms with Crippen LogP contribution in [0.15, 0.2) is 41.9 Å². The average Bonchev–Trinajstić information content (AvgIpc) is 3.86. The second kappa shape index (κ2) is 18.4. The zero-order valence-corrected chi connectivity index (χ0v) is 40.0. The number of esters is 1. The van der Waals surface area contributed by atoms with Crippen molar-refractivity contribution in [3.8, 4) is 22.5 Å². The van der Waals surface area contributed by atoms with E-state index in [2.05, 4.69) is 58.4 Å². The summed E-state index contributed by atoms with van der Waals surface area (Å²) in [6.45, 7) is 15.2. The predicted octanol–water partition coefficient (Wildman–Crippen LogP) is 5.23. The van der Waals surface area contributed by atoms with E-state index < -0.39 is 41.0 Å². The summed E-state index contributed by atoms with van der Waals surface area (Å²) >= 11 is 1.39. The molecule has 0 spiro atoms. The van der Waals surface area contributed by atoms with E-state index in [9.17, 15) is 24.3 Å². The fraction of sp³-hybridized carbons (Fsp3) is 0.583. The number of amides is 4. The lowest BCUT2D eigenvalue weighted by Gasteiger charge is -2.54. The molecular formula is C48H65N9O7S. The molecule has 0 aliphatic carbocycles. The topological polar surface area (TPSA) is 175 Å². The molecule has 0 saturated carbocycles. The highest BCUT2D eigenvalue weighted by Gasteiger charge is 2.48. The maximum absolute atomic E-state index is 14.7. The van der Waals surface area contributed by atoms with Gasteiger partial charge in [-0.3, -0.25) is 19.6 Å². The molecule has 17 heteroatoms. The SMILES string of the molecule is CCn1c(-c2cccnc2[C@H](C)OC)c2c3cc(ccc31)-c1csc(n1)C[C@H](NC(=O)[C@H](C(C)C)N(C)C(=O)N1C[C@H]3CCN(C)C[C@H]31)C(=O)N1CCC[C@@](O)(N1)C(=O)OCC(C)(C)C2. The molecule has 350 valence electrons. The number of fused-ring (bicyclic) bond motifs is 7. The summed E-state index contributed by atoms with van der Waals surface area (Å²) in [5.41, 5.74) is 6.42. The number of thiazole rings is 1. The highest BCUT2D eigenvalue weighted by atomic mass is 32.1. The fourth-order valence-electron chi connectivity index (χ4n) is 10.3. The van der Waals surface area contributed by atoms with Crippen molar-refractivity contribution >= 4 is 46.1 Å². The Labute approximate surface area is 385 Å². The summed E-state index contributed by atoms with van der Waals surface area (Å²) in [7, 11) is 5.39. The number of likely N-dealkylation sites (N-methyl/N-ethyl adjacent to an activating group) is 2. The molecule has 1 aromatic carbocycles. The third-order valence-electron chi connectivity index (χ3n) is 13.9. The number of aliphatic hydroxyl groups is 1. The molecular weight excluding hydrogens is 847 g/mol. The van der Waals surface area contributed by atoms with Crippen molar-refractivity contribution < 1.29 is 33.8 Å². The van der Waals surface area contributed by atoms with Crippen LogP contribution in [0.3, 0.4) is 0 Å². The van der Waals surface area contributed by atoms with E-state index >= 15 is 0 Å². The maximum Gasteiger partial charge on any atom is 0.355 e. The number of carbonyl (C=O) groups is 4. The molecule has 16 nitrogen and oxygen atoms in total. The molecule has 7 heterocycles. The number of rotatable bonds is 8. The first-order chi connectivity index (χ1) is 30.9. The number of pyridine rings is 1. The van der Waals surface area contributed by atoms with E-state index in [1.807, 2.05) is 51.0 Å². The van der Waals surface area contributed by atoms with Crippen LogP contribution in [0, 0.1) is 17.3 Å². The lowest BCUT2D eigenvalue weighted by atomic mass is 9.82. The van der Waals surface area contributed by atoms with Gasteiger partial charge in [-0.15, -0.1) is 11.3 Å². The van der Waals surface area contributed by atoms with Gasteiger partial charge in [-0.25, -0.2) is 14.6 Å². The van der Waals surface area contributed by atoms with Crippen LogP contribution in [0.25, 0.3) is 33.4 Å². The summed E-state index contributed by atoms with van der Waals surface area (Å²) in [4.78, 5) is 72.6. The van der Waals surface area contributed by atoms with E-state index in [1.165, 1.54) is 21.2 Å². The maximum atomic E-state index is 14.7. The zero-order chi connectivity index (χ0) is 46.5. The number of nitrogens with zero attached hydrogens (tertiary/aromatic N) is 7. The summed E-state index contributed by atoms with van der Waals surface area (Å²) in [6.07, 6.45) is 3.37. The number of aromatic nitrogens is 3. The first kappa shape index (κ1) is 46.6. The quantitative estimate of drug-likeness (QED) is 0.198. The van der Waals surface area contributed by atoms with Crippen LogP contribution in [0.1, 0.15) is 83.2 Å². The molecule has 0 radical (unpaired) electrons. The highest BCUT2D eigenvalue weighted by molar-refractivity contribution is 7.10. The molecule has 65 heavy (non-hydrogen) atoms. The Balaban J connectivity index is 1.17. The molecule has 6 atom stereocenters. The van der Waals surface area contributed by atoms with Gasteiger partial charge in [0.2, 0.25) is 11.6 Å². The van der Waals surface area contributed by atoms with Gasteiger partial charge in [0.25, 0.3) is 5.91 Å². The molecule has 4 aromatic rings. The van der Waals surface area contributed by atoms with Gasteiger partial charge < -0.3 is 39.2 Å². The Morgan fingerprint density at radius 2 is 1.94 bits per heavy atom. The van der Waals surface area contributed by atoms with Crippen LogP contribution in [0.5, 0.6) is 0 Å². The number of cyclic esters (lactones) is 1. The van der Waals surface area contributed by atoms with Gasteiger partial charge in [0.1, 0.15) is 12.1 Å². The number of benzene rings is 1. The van der Waals surface area contributed by atoms with Crippen molar-refractivity contribution in [3.05, 3.63) is 58.2 Å². The third-order valence-corrected chi connectivity index (χ3v) is 14.7. The minimum absolute atomic E-state index is 0.0117. The Bertz CT molecular complexity index is 2450. The van der Waals surface area contributed by atoms with E-state index in [0.29, 0.717) is 36.9 Å². The predicted molar refractivity (Wildman–Crippen MR) is 248 cm³/mol. The minimum atomic E-state index is -2.20. The molecule has 3 saturated heterocycles. The number of hydrazine groups is 1. The molecule has 3 fully saturated rings. The van der Waals surface area contributed by atoms with E-state index in [1.54, 1.807) is 20.4 Å². The third kappa shape index (κ3) is 9.01. The number of urea groups is 1. The number of ether oxygens (including phenoxy) is 2. The molecule has 4 amide bonds. The molecule has 6 bridgehead atoms. The lowest BCUT2D eigenvalue weighted by Crippen LogP contribution is -2.69. The summed E-state index contributed by atoms with van der Waals surface area (Å²) in [5.74, 6) is -1.76. The number of nitrogens with one attached hydrogen (secondary N) is 2. The van der Waals surface area contributed by atoms with Crippen molar-refractivity contribution in [3.63, 3.8) is 0 Å². The van der Waals surface area contributed by atoms with Gasteiger partial charge in [0, 0.05) is 92.2 Å². The van der Waals surface area contributed by atoms with Crippen molar-refractivity contribution in [1.29, 1.82) is 0 Å². The molecule has 3 aromatic heterocycles. The highest BCUT2D eigenvalue weighted by Crippen LogP contribution is 2.42. The standard InChI is InChI=1S/C48H65N9O7S/c1-10-55-37-15-14-30-21-33(37)34(42(55)32-13-11-18-49-40(32)29(4)63-9)23-47(5,6)27-64-45(60)48(62)17-12-19-57(52-48)44(59)35(22-39-50-36(30)26-65-39)51-43(58)41(28(2)3)54(8)46(61)56-24-31-16-20-53(7)25-38(31)56/h11,13-15,18,21,26,28-29,31,35,38,41,52,62H,10,12,16-17,19-20,22-25,27H2,1-9H3,(H,51,58)/t29-,31+,35-,38+,41-,48-/m0/s1. The zero-order valence-electron chi connectivity index (χ0n) is 39.2. The second-order valence-electron chi connectivity index (χ2n) is 19.6. The van der Waals surface area contributed by atoms with Crippen molar-refractivity contribution in [2.75, 3.05) is 54.0 Å². The van der Waals surface area contributed by atoms with Gasteiger partial charge in [0.15, 0.2) is 0 Å². The average molecular weight is 912 g/mol. The molecule has 4 aliphatic heterocycles. The largest absolute Gasteiger partial charge is 0.462 e. The number of carbonyl (C=O) groups excluding carboxylic acids is 4. The van der Waals surface area contributed by atoms with Gasteiger partial charge in [-0.1, -0.05) is 33.8 Å². The van der Waals surface area contributed by atoms with Crippen LogP contribution in [-0.2, 0) is 43.2 Å². The number of piperidine rings is 1. The monoisotopic (exact) mass is 911 g/mol. The van der Waals surface area contributed by atoms with Crippen LogP contribution in [0.4, 0.5) is 4.79 Å². The fourth-order valence-corrected chi connectivity index (χ4v) is 11.1. The first-order valence-electron chi connectivity index (χ1n) is 23.0. The molecule has 0 unspecified atom stereocenters. The van der Waals surface area contributed by atoms with E-state index in [-0.39, 0.29) is 50.1 Å². The van der Waals surface area contributed by atoms with Crippen LogP contribution in [0.2, 0.25) is 0 Å². The molecule has 3 N–H and O–H groups in total. The van der Waals surface area contributed by atoms with Crippen molar-refractivity contribution in [2.45, 2.75) is 110 Å². The summed E-state index contributed by atoms with van der Waals surface area (Å²) in [5, 5.41) is 19.7. The smallest absolute Gasteiger partial charge is 0.355 e. The van der Waals surface area contributed by atoms with E-state index in [4.69, 9.17) is 19.4 Å². The van der Waals surface area contributed by atoms with Crippen molar-refractivity contribution in [1.82, 2.24) is 45.0 Å².